The molecule has 104 valence electrons. The first-order valence-electron chi connectivity index (χ1n) is 5.90. The van der Waals surface area contributed by atoms with Crippen LogP contribution in [0.5, 0.6) is 0 Å². The number of rotatable bonds is 5. The van der Waals surface area contributed by atoms with Crippen molar-refractivity contribution in [2.24, 2.45) is 5.92 Å². The third kappa shape index (κ3) is 3.56. The van der Waals surface area contributed by atoms with Crippen LogP contribution in [0.3, 0.4) is 0 Å². The number of sulfonamides is 1. The minimum absolute atomic E-state index is 0.00748. The molecule has 1 atom stereocenters. The van der Waals surface area contributed by atoms with E-state index in [0.717, 1.165) is 15.1 Å². The minimum atomic E-state index is -3.38. The highest BCUT2D eigenvalue weighted by molar-refractivity contribution is 9.11. The average molecular weight is 354 g/mol. The molecular formula is C12H20BrNO2S2. The van der Waals surface area contributed by atoms with Crippen LogP contribution in [0.4, 0.5) is 0 Å². The zero-order valence-corrected chi connectivity index (χ0v) is 14.6. The van der Waals surface area contributed by atoms with E-state index in [4.69, 9.17) is 0 Å². The predicted molar refractivity (Wildman–Crippen MR) is 80.6 cm³/mol. The van der Waals surface area contributed by atoms with Crippen molar-refractivity contribution < 1.29 is 8.42 Å². The van der Waals surface area contributed by atoms with Crippen molar-refractivity contribution in [3.8, 4) is 0 Å². The van der Waals surface area contributed by atoms with E-state index in [1.54, 1.807) is 13.1 Å². The van der Waals surface area contributed by atoms with Crippen LogP contribution in [0.15, 0.2) is 14.7 Å². The van der Waals surface area contributed by atoms with Crippen LogP contribution in [-0.2, 0) is 10.0 Å². The molecule has 3 nitrogen and oxygen atoms in total. The van der Waals surface area contributed by atoms with Crippen molar-refractivity contribution in [1.29, 1.82) is 0 Å². The molecule has 0 amide bonds. The van der Waals surface area contributed by atoms with E-state index in [1.807, 2.05) is 13.8 Å². The normalized spacial score (nSPS) is 14.4. The zero-order chi connectivity index (χ0) is 14.1. The topological polar surface area (TPSA) is 37.4 Å². The van der Waals surface area contributed by atoms with Crippen molar-refractivity contribution >= 4 is 37.3 Å². The van der Waals surface area contributed by atoms with Gasteiger partial charge in [-0.25, -0.2) is 8.42 Å². The lowest BCUT2D eigenvalue weighted by molar-refractivity contribution is 0.338. The van der Waals surface area contributed by atoms with Crippen LogP contribution in [0, 0.1) is 12.8 Å². The molecule has 0 saturated carbocycles. The maximum absolute atomic E-state index is 12.5. The van der Waals surface area contributed by atoms with Crippen molar-refractivity contribution in [2.45, 2.75) is 45.1 Å². The molecule has 1 heterocycles. The van der Waals surface area contributed by atoms with Crippen LogP contribution < -0.4 is 0 Å². The quantitative estimate of drug-likeness (QED) is 0.805. The predicted octanol–water partition coefficient (Wildman–Crippen LogP) is 3.87. The molecule has 0 aliphatic heterocycles. The minimum Gasteiger partial charge on any atom is -0.207 e. The molecule has 1 rings (SSSR count). The van der Waals surface area contributed by atoms with Crippen molar-refractivity contribution in [2.75, 3.05) is 7.05 Å². The highest BCUT2D eigenvalue weighted by Gasteiger charge is 2.28. The van der Waals surface area contributed by atoms with E-state index in [0.29, 0.717) is 10.8 Å². The summed E-state index contributed by atoms with van der Waals surface area (Å²) >= 11 is 4.79. The molecular weight excluding hydrogens is 334 g/mol. The smallest absolute Gasteiger partial charge is 0.207 e. The van der Waals surface area contributed by atoms with Crippen molar-refractivity contribution in [3.63, 3.8) is 0 Å². The molecule has 1 aromatic rings. The van der Waals surface area contributed by atoms with Gasteiger partial charge < -0.3 is 0 Å². The third-order valence-electron chi connectivity index (χ3n) is 2.93. The number of thiophene rings is 1. The molecule has 0 aromatic carbocycles. The molecule has 18 heavy (non-hydrogen) atoms. The Hall–Kier alpha value is 0.0900. The van der Waals surface area contributed by atoms with Gasteiger partial charge in [-0.1, -0.05) is 13.8 Å². The number of hydrogen-bond acceptors (Lipinski definition) is 3. The van der Waals surface area contributed by atoms with Gasteiger partial charge in [0.05, 0.1) is 8.68 Å². The molecule has 0 aliphatic carbocycles. The molecule has 0 spiro atoms. The van der Waals surface area contributed by atoms with E-state index >= 15 is 0 Å². The van der Waals surface area contributed by atoms with Crippen LogP contribution in [0.25, 0.3) is 0 Å². The highest BCUT2D eigenvalue weighted by atomic mass is 79.9. The van der Waals surface area contributed by atoms with E-state index < -0.39 is 10.0 Å². The van der Waals surface area contributed by atoms with Gasteiger partial charge in [0.25, 0.3) is 0 Å². The van der Waals surface area contributed by atoms with Crippen LogP contribution >= 0.6 is 27.3 Å². The molecule has 0 bridgehead atoms. The molecule has 1 unspecified atom stereocenters. The van der Waals surface area contributed by atoms with Gasteiger partial charge in [-0.2, -0.15) is 4.31 Å². The lowest BCUT2D eigenvalue weighted by Gasteiger charge is -2.25. The maximum Gasteiger partial charge on any atom is 0.244 e. The Morgan fingerprint density at radius 1 is 1.39 bits per heavy atom. The standard InChI is InChI=1S/C12H20BrNO2S2/c1-8(2)6-9(3)14(5)18(15,16)11-7-12(13)17-10(11)4/h7-9H,6H2,1-5H3. The molecule has 0 N–H and O–H groups in total. The first kappa shape index (κ1) is 16.1. The fourth-order valence-electron chi connectivity index (χ4n) is 1.91. The Morgan fingerprint density at radius 3 is 2.33 bits per heavy atom. The summed E-state index contributed by atoms with van der Waals surface area (Å²) in [5.41, 5.74) is 0. The molecule has 6 heteroatoms. The van der Waals surface area contributed by atoms with Crippen molar-refractivity contribution in [1.82, 2.24) is 4.31 Å². The van der Waals surface area contributed by atoms with Crippen LogP contribution in [-0.4, -0.2) is 25.8 Å². The second-order valence-corrected chi connectivity index (χ2v) is 9.57. The Bertz CT molecular complexity index is 508. The van der Waals surface area contributed by atoms with E-state index in [2.05, 4.69) is 29.8 Å². The zero-order valence-electron chi connectivity index (χ0n) is 11.4. The van der Waals surface area contributed by atoms with Gasteiger partial charge in [-0.3, -0.25) is 0 Å². The fraction of sp³-hybridized carbons (Fsp3) is 0.667. The molecule has 1 aromatic heterocycles. The van der Waals surface area contributed by atoms with Gasteiger partial charge in [0.1, 0.15) is 0 Å². The largest absolute Gasteiger partial charge is 0.244 e. The van der Waals surface area contributed by atoms with Crippen molar-refractivity contribution in [3.05, 3.63) is 14.7 Å². The summed E-state index contributed by atoms with van der Waals surface area (Å²) in [6, 6.07) is 1.70. The second kappa shape index (κ2) is 6.03. The first-order chi connectivity index (χ1) is 8.16. The maximum atomic E-state index is 12.5. The number of aryl methyl sites for hydroxylation is 1. The monoisotopic (exact) mass is 353 g/mol. The Kier molecular flexibility index (Phi) is 5.41. The molecule has 0 radical (unpaired) electrons. The highest BCUT2D eigenvalue weighted by Crippen LogP contribution is 2.32. The lowest BCUT2D eigenvalue weighted by Crippen LogP contribution is -2.36. The molecule has 0 saturated heterocycles. The molecule has 0 fully saturated rings. The van der Waals surface area contributed by atoms with Gasteiger partial charge in [-0.15, -0.1) is 11.3 Å². The number of halogens is 1. The third-order valence-corrected chi connectivity index (χ3v) is 6.71. The Morgan fingerprint density at radius 2 is 1.94 bits per heavy atom. The van der Waals surface area contributed by atoms with E-state index in [1.165, 1.54) is 15.6 Å². The summed E-state index contributed by atoms with van der Waals surface area (Å²) in [5, 5.41) is 0. The van der Waals surface area contributed by atoms with E-state index in [-0.39, 0.29) is 6.04 Å². The number of nitrogens with zero attached hydrogens (tertiary/aromatic N) is 1. The van der Waals surface area contributed by atoms with Gasteiger partial charge in [0.2, 0.25) is 10.0 Å². The average Bonchev–Trinajstić information content (AvgIpc) is 2.56. The number of hydrogen-bond donors (Lipinski definition) is 0. The van der Waals surface area contributed by atoms with Crippen LogP contribution in [0.1, 0.15) is 32.1 Å². The van der Waals surface area contributed by atoms with Gasteiger partial charge in [-0.05, 0) is 48.2 Å². The Balaban J connectivity index is 3.03. The summed E-state index contributed by atoms with van der Waals surface area (Å²) in [6.07, 6.45) is 0.861. The summed E-state index contributed by atoms with van der Waals surface area (Å²) in [7, 11) is -1.72. The van der Waals surface area contributed by atoms with Gasteiger partial charge >= 0.3 is 0 Å². The van der Waals surface area contributed by atoms with Crippen LogP contribution in [0.2, 0.25) is 0 Å². The van der Waals surface area contributed by atoms with E-state index in [9.17, 15) is 8.42 Å². The summed E-state index contributed by atoms with van der Waals surface area (Å²) < 4.78 is 27.3. The SMILES string of the molecule is Cc1sc(Br)cc1S(=O)(=O)N(C)C(C)CC(C)C. The summed E-state index contributed by atoms with van der Waals surface area (Å²) in [5.74, 6) is 0.480. The second-order valence-electron chi connectivity index (χ2n) is 4.97. The molecule has 0 aliphatic rings. The van der Waals surface area contributed by atoms with Gasteiger partial charge in [0.15, 0.2) is 0 Å². The summed E-state index contributed by atoms with van der Waals surface area (Å²) in [4.78, 5) is 1.24. The summed E-state index contributed by atoms with van der Waals surface area (Å²) in [6.45, 7) is 7.99. The van der Waals surface area contributed by atoms with Gasteiger partial charge in [0, 0.05) is 18.0 Å². The first-order valence-corrected chi connectivity index (χ1v) is 8.95. The fourth-order valence-corrected chi connectivity index (χ4v) is 5.66. The Labute approximate surface area is 122 Å². The lowest BCUT2D eigenvalue weighted by atomic mass is 10.1.